The number of hydrogen-bond acceptors (Lipinski definition) is 5. The standard InChI is InChI=1S/C14H26N2O5/c1-20-9-10-21-8-2-5-15-11-13(17)16-6-3-12(4-7-16)14(18)19/h12,15H,2-11H2,1H3,(H,18,19). The fraction of sp³-hybridized carbons (Fsp3) is 0.857. The lowest BCUT2D eigenvalue weighted by Gasteiger charge is -2.30. The molecule has 0 aromatic rings. The number of aliphatic carboxylic acids is 1. The Balaban J connectivity index is 2.00. The lowest BCUT2D eigenvalue weighted by atomic mass is 9.97. The zero-order valence-corrected chi connectivity index (χ0v) is 12.7. The monoisotopic (exact) mass is 302 g/mol. The average molecular weight is 302 g/mol. The number of rotatable bonds is 10. The van der Waals surface area contributed by atoms with Crippen molar-refractivity contribution in [2.45, 2.75) is 19.3 Å². The van der Waals surface area contributed by atoms with Crippen LogP contribution in [0.25, 0.3) is 0 Å². The van der Waals surface area contributed by atoms with E-state index in [1.165, 1.54) is 0 Å². The molecule has 7 heteroatoms. The van der Waals surface area contributed by atoms with Gasteiger partial charge in [-0.05, 0) is 25.8 Å². The maximum atomic E-state index is 11.9. The molecule has 7 nitrogen and oxygen atoms in total. The molecule has 1 fully saturated rings. The summed E-state index contributed by atoms with van der Waals surface area (Å²) in [6.45, 7) is 3.94. The van der Waals surface area contributed by atoms with Gasteiger partial charge in [0.05, 0.1) is 25.7 Å². The van der Waals surface area contributed by atoms with Gasteiger partial charge in [-0.25, -0.2) is 0 Å². The predicted octanol–water partition coefficient (Wildman–Crippen LogP) is -0.0477. The Kier molecular flexibility index (Phi) is 8.96. The van der Waals surface area contributed by atoms with Crippen LogP contribution in [0.15, 0.2) is 0 Å². The number of carbonyl (C=O) groups excluding carboxylic acids is 1. The van der Waals surface area contributed by atoms with E-state index < -0.39 is 5.97 Å². The summed E-state index contributed by atoms with van der Waals surface area (Å²) in [7, 11) is 1.63. The number of nitrogens with one attached hydrogen (secondary N) is 1. The minimum absolute atomic E-state index is 0.0409. The number of carboxylic acids is 1. The van der Waals surface area contributed by atoms with Crippen molar-refractivity contribution in [3.63, 3.8) is 0 Å². The van der Waals surface area contributed by atoms with E-state index in [-0.39, 0.29) is 11.8 Å². The normalized spacial score (nSPS) is 16.1. The first kappa shape index (κ1) is 17.9. The molecule has 122 valence electrons. The molecule has 1 saturated heterocycles. The largest absolute Gasteiger partial charge is 0.481 e. The second kappa shape index (κ2) is 10.5. The fourth-order valence-corrected chi connectivity index (χ4v) is 2.23. The van der Waals surface area contributed by atoms with Crippen LogP contribution >= 0.6 is 0 Å². The molecule has 1 rings (SSSR count). The summed E-state index contributed by atoms with van der Waals surface area (Å²) in [6, 6.07) is 0. The molecular formula is C14H26N2O5. The lowest BCUT2D eigenvalue weighted by Crippen LogP contribution is -2.44. The van der Waals surface area contributed by atoms with Gasteiger partial charge in [-0.1, -0.05) is 0 Å². The van der Waals surface area contributed by atoms with Crippen molar-refractivity contribution in [1.29, 1.82) is 0 Å². The molecule has 2 N–H and O–H groups in total. The Bertz CT molecular complexity index is 316. The van der Waals surface area contributed by atoms with Gasteiger partial charge in [-0.3, -0.25) is 9.59 Å². The lowest BCUT2D eigenvalue weighted by molar-refractivity contribution is -0.145. The van der Waals surface area contributed by atoms with Gasteiger partial charge >= 0.3 is 5.97 Å². The van der Waals surface area contributed by atoms with E-state index in [1.807, 2.05) is 0 Å². The number of piperidine rings is 1. The second-order valence-electron chi connectivity index (χ2n) is 5.13. The van der Waals surface area contributed by atoms with Crippen LogP contribution in [-0.2, 0) is 19.1 Å². The van der Waals surface area contributed by atoms with E-state index in [9.17, 15) is 9.59 Å². The summed E-state index contributed by atoms with van der Waals surface area (Å²) in [4.78, 5) is 24.5. The van der Waals surface area contributed by atoms with E-state index in [4.69, 9.17) is 14.6 Å². The molecule has 1 amide bonds. The number of ether oxygens (including phenoxy) is 2. The molecule has 0 spiro atoms. The number of carbonyl (C=O) groups is 2. The highest BCUT2D eigenvalue weighted by Crippen LogP contribution is 2.16. The van der Waals surface area contributed by atoms with Crippen molar-refractivity contribution in [3.05, 3.63) is 0 Å². The topological polar surface area (TPSA) is 88.1 Å². The number of amides is 1. The highest BCUT2D eigenvalue weighted by Gasteiger charge is 2.26. The molecule has 1 aliphatic heterocycles. The first-order valence-electron chi connectivity index (χ1n) is 7.43. The maximum Gasteiger partial charge on any atom is 0.306 e. The van der Waals surface area contributed by atoms with Crippen LogP contribution < -0.4 is 5.32 Å². The smallest absolute Gasteiger partial charge is 0.306 e. The van der Waals surface area contributed by atoms with Gasteiger partial charge in [-0.2, -0.15) is 0 Å². The Labute approximate surface area is 125 Å². The van der Waals surface area contributed by atoms with Crippen molar-refractivity contribution in [2.24, 2.45) is 5.92 Å². The number of methoxy groups -OCH3 is 1. The molecule has 21 heavy (non-hydrogen) atoms. The highest BCUT2D eigenvalue weighted by atomic mass is 16.5. The molecule has 0 radical (unpaired) electrons. The maximum absolute atomic E-state index is 11.9. The number of nitrogens with zero attached hydrogens (tertiary/aromatic N) is 1. The van der Waals surface area contributed by atoms with E-state index in [2.05, 4.69) is 5.32 Å². The minimum Gasteiger partial charge on any atom is -0.481 e. The molecule has 0 atom stereocenters. The number of carboxylic acid groups (broad SMARTS) is 1. The van der Waals surface area contributed by atoms with Crippen LogP contribution in [0, 0.1) is 5.92 Å². The summed E-state index contributed by atoms with van der Waals surface area (Å²) in [5.74, 6) is -1.01. The van der Waals surface area contributed by atoms with Crippen LogP contribution in [0.4, 0.5) is 0 Å². The van der Waals surface area contributed by atoms with Gasteiger partial charge in [0.25, 0.3) is 0 Å². The van der Waals surface area contributed by atoms with Crippen molar-refractivity contribution in [1.82, 2.24) is 10.2 Å². The summed E-state index contributed by atoms with van der Waals surface area (Å²) in [6.07, 6.45) is 1.95. The predicted molar refractivity (Wildman–Crippen MR) is 77.1 cm³/mol. The van der Waals surface area contributed by atoms with E-state index >= 15 is 0 Å². The molecule has 0 aromatic heterocycles. The molecule has 0 bridgehead atoms. The van der Waals surface area contributed by atoms with Crippen molar-refractivity contribution < 1.29 is 24.2 Å². The molecule has 0 saturated carbocycles. The van der Waals surface area contributed by atoms with Crippen LogP contribution in [0.5, 0.6) is 0 Å². The van der Waals surface area contributed by atoms with Gasteiger partial charge in [-0.15, -0.1) is 0 Å². The third-order valence-electron chi connectivity index (χ3n) is 3.55. The van der Waals surface area contributed by atoms with Gasteiger partial charge in [0.1, 0.15) is 0 Å². The van der Waals surface area contributed by atoms with E-state index in [1.54, 1.807) is 12.0 Å². The quantitative estimate of drug-likeness (QED) is 0.550. The fourth-order valence-electron chi connectivity index (χ4n) is 2.23. The van der Waals surface area contributed by atoms with Crippen LogP contribution in [0.2, 0.25) is 0 Å². The Morgan fingerprint density at radius 2 is 1.95 bits per heavy atom. The van der Waals surface area contributed by atoms with E-state index in [0.717, 1.165) is 13.0 Å². The zero-order chi connectivity index (χ0) is 15.5. The van der Waals surface area contributed by atoms with Gasteiger partial charge < -0.3 is 24.8 Å². The van der Waals surface area contributed by atoms with Crippen molar-refractivity contribution in [3.8, 4) is 0 Å². The van der Waals surface area contributed by atoms with Gasteiger partial charge in [0, 0.05) is 26.8 Å². The first-order chi connectivity index (χ1) is 10.1. The molecule has 0 aromatic carbocycles. The molecule has 1 heterocycles. The van der Waals surface area contributed by atoms with Crippen molar-refractivity contribution in [2.75, 3.05) is 53.1 Å². The van der Waals surface area contributed by atoms with E-state index in [0.29, 0.717) is 52.3 Å². The van der Waals surface area contributed by atoms with Crippen LogP contribution in [0.3, 0.4) is 0 Å². The Hall–Kier alpha value is -1.18. The number of hydrogen-bond donors (Lipinski definition) is 2. The third kappa shape index (κ3) is 7.40. The molecule has 0 unspecified atom stereocenters. The van der Waals surface area contributed by atoms with Crippen LogP contribution in [-0.4, -0.2) is 75.0 Å². The summed E-state index contributed by atoms with van der Waals surface area (Å²) in [5, 5.41) is 12.0. The third-order valence-corrected chi connectivity index (χ3v) is 3.55. The van der Waals surface area contributed by atoms with Crippen LogP contribution in [0.1, 0.15) is 19.3 Å². The zero-order valence-electron chi connectivity index (χ0n) is 12.7. The summed E-state index contributed by atoms with van der Waals surface area (Å²) < 4.78 is 10.2. The summed E-state index contributed by atoms with van der Waals surface area (Å²) >= 11 is 0. The average Bonchev–Trinajstić information content (AvgIpc) is 2.49. The SMILES string of the molecule is COCCOCCCNCC(=O)N1CCC(C(=O)O)CC1. The highest BCUT2D eigenvalue weighted by molar-refractivity contribution is 5.78. The summed E-state index contributed by atoms with van der Waals surface area (Å²) in [5.41, 5.74) is 0. The molecular weight excluding hydrogens is 276 g/mol. The van der Waals surface area contributed by atoms with Gasteiger partial charge in [0.15, 0.2) is 0 Å². The Morgan fingerprint density at radius 1 is 1.24 bits per heavy atom. The van der Waals surface area contributed by atoms with Crippen molar-refractivity contribution >= 4 is 11.9 Å². The second-order valence-corrected chi connectivity index (χ2v) is 5.13. The molecule has 0 aliphatic carbocycles. The van der Waals surface area contributed by atoms with Gasteiger partial charge in [0.2, 0.25) is 5.91 Å². The number of likely N-dealkylation sites (tertiary alicyclic amines) is 1. The first-order valence-corrected chi connectivity index (χ1v) is 7.43. The molecule has 1 aliphatic rings. The Morgan fingerprint density at radius 3 is 2.57 bits per heavy atom. The minimum atomic E-state index is -0.756.